The molecule has 1 aliphatic rings. The first kappa shape index (κ1) is 17.7. The Hall–Kier alpha value is -2.09. The zero-order chi connectivity index (χ0) is 17.6. The van der Waals surface area contributed by atoms with E-state index in [1.165, 1.54) is 51.0 Å². The third-order valence-electron chi connectivity index (χ3n) is 4.58. The van der Waals surface area contributed by atoms with E-state index in [2.05, 4.69) is 15.2 Å². The van der Waals surface area contributed by atoms with E-state index in [0.717, 1.165) is 23.7 Å². The number of aryl methyl sites for hydroxylation is 1. The Morgan fingerprint density at radius 1 is 1.40 bits per heavy atom. The third kappa shape index (κ3) is 4.72. The van der Waals surface area contributed by atoms with Gasteiger partial charge in [-0.05, 0) is 24.0 Å². The van der Waals surface area contributed by atoms with Crippen LogP contribution >= 0.6 is 11.8 Å². The maximum Gasteiger partial charge on any atom is 0.311 e. The second-order valence-corrected chi connectivity index (χ2v) is 7.25. The average Bonchev–Trinajstić information content (AvgIpc) is 3.29. The largest absolute Gasteiger partial charge is 0.490 e. The summed E-state index contributed by atoms with van der Waals surface area (Å²) in [6, 6.07) is 4.99. The Morgan fingerprint density at radius 2 is 2.20 bits per heavy atom. The van der Waals surface area contributed by atoms with Gasteiger partial charge in [-0.1, -0.05) is 43.5 Å². The van der Waals surface area contributed by atoms with Crippen LogP contribution in [0.3, 0.4) is 0 Å². The lowest BCUT2D eigenvalue weighted by Crippen LogP contribution is -1.97. The Balaban J connectivity index is 1.55. The summed E-state index contributed by atoms with van der Waals surface area (Å²) in [5.41, 5.74) is 0.822. The van der Waals surface area contributed by atoms with E-state index in [1.54, 1.807) is 12.1 Å². The van der Waals surface area contributed by atoms with Gasteiger partial charge < -0.3 is 4.74 Å². The van der Waals surface area contributed by atoms with Gasteiger partial charge in [-0.3, -0.25) is 15.2 Å². The predicted octanol–water partition coefficient (Wildman–Crippen LogP) is 4.14. The molecule has 0 radical (unpaired) electrons. The van der Waals surface area contributed by atoms with Gasteiger partial charge in [0.05, 0.1) is 12.0 Å². The Morgan fingerprint density at radius 3 is 2.92 bits per heavy atom. The first-order valence-electron chi connectivity index (χ1n) is 8.51. The Labute approximate surface area is 150 Å². The van der Waals surface area contributed by atoms with Crippen molar-refractivity contribution < 1.29 is 9.66 Å². The second-order valence-electron chi connectivity index (χ2n) is 6.31. The van der Waals surface area contributed by atoms with Crippen molar-refractivity contribution in [3.8, 4) is 5.75 Å². The summed E-state index contributed by atoms with van der Waals surface area (Å²) in [4.78, 5) is 15.2. The number of rotatable bonds is 8. The summed E-state index contributed by atoms with van der Waals surface area (Å²) in [6.45, 7) is 0. The van der Waals surface area contributed by atoms with E-state index < -0.39 is 4.92 Å². The molecule has 0 saturated heterocycles. The molecule has 1 heterocycles. The molecule has 0 amide bonds. The van der Waals surface area contributed by atoms with E-state index in [9.17, 15) is 10.1 Å². The van der Waals surface area contributed by atoms with Gasteiger partial charge >= 0.3 is 5.69 Å². The number of H-pyrrole nitrogens is 1. The number of nitrogens with zero attached hydrogens (tertiary/aromatic N) is 3. The van der Waals surface area contributed by atoms with Crippen LogP contribution in [-0.2, 0) is 12.2 Å². The number of benzene rings is 1. The van der Waals surface area contributed by atoms with Crippen molar-refractivity contribution in [2.24, 2.45) is 5.92 Å². The molecule has 1 aromatic carbocycles. The van der Waals surface area contributed by atoms with Crippen molar-refractivity contribution in [3.63, 3.8) is 0 Å². The average molecular weight is 362 g/mol. The van der Waals surface area contributed by atoms with E-state index in [0.29, 0.717) is 10.9 Å². The number of methoxy groups -OCH3 is 1. The van der Waals surface area contributed by atoms with Crippen molar-refractivity contribution in [2.75, 3.05) is 7.11 Å². The minimum absolute atomic E-state index is 0.0205. The number of ether oxygens (including phenoxy) is 1. The topological polar surface area (TPSA) is 93.9 Å². The van der Waals surface area contributed by atoms with Crippen LogP contribution in [0.4, 0.5) is 5.69 Å². The molecule has 1 N–H and O–H groups in total. The molecule has 0 unspecified atom stereocenters. The first-order chi connectivity index (χ1) is 12.2. The standard InChI is InChI=1S/C17H22N4O3S/c1-24-15-8-6-13(10-14(15)21(22)23)11-25-17-18-16(19-20-17)9-7-12-4-2-3-5-12/h6,8,10,12H,2-5,7,9,11H2,1H3,(H,18,19,20). The highest BCUT2D eigenvalue weighted by Gasteiger charge is 2.17. The SMILES string of the molecule is COc1ccc(CSc2n[nH]c(CCC3CCCC3)n2)cc1[N+](=O)[O-]. The maximum atomic E-state index is 11.1. The monoisotopic (exact) mass is 362 g/mol. The molecular formula is C17H22N4O3S. The lowest BCUT2D eigenvalue weighted by molar-refractivity contribution is -0.385. The van der Waals surface area contributed by atoms with Crippen LogP contribution in [0.15, 0.2) is 23.4 Å². The first-order valence-corrected chi connectivity index (χ1v) is 9.49. The molecule has 7 nitrogen and oxygen atoms in total. The summed E-state index contributed by atoms with van der Waals surface area (Å²) >= 11 is 1.47. The van der Waals surface area contributed by atoms with Crippen LogP contribution in [0.2, 0.25) is 0 Å². The lowest BCUT2D eigenvalue weighted by Gasteiger charge is -2.05. The molecule has 3 rings (SSSR count). The molecule has 0 aliphatic heterocycles. The van der Waals surface area contributed by atoms with Gasteiger partial charge in [-0.2, -0.15) is 0 Å². The molecule has 1 aromatic heterocycles. The van der Waals surface area contributed by atoms with Crippen molar-refractivity contribution >= 4 is 17.4 Å². The van der Waals surface area contributed by atoms with Crippen LogP contribution in [0.25, 0.3) is 0 Å². The third-order valence-corrected chi connectivity index (χ3v) is 5.50. The molecule has 8 heteroatoms. The fourth-order valence-corrected chi connectivity index (χ4v) is 3.97. The molecule has 0 spiro atoms. The van der Waals surface area contributed by atoms with Gasteiger partial charge in [0.1, 0.15) is 5.82 Å². The van der Waals surface area contributed by atoms with Gasteiger partial charge in [0.25, 0.3) is 0 Å². The fourth-order valence-electron chi connectivity index (χ4n) is 3.21. The van der Waals surface area contributed by atoms with Crippen LogP contribution in [0.5, 0.6) is 5.75 Å². The van der Waals surface area contributed by atoms with Crippen LogP contribution in [-0.4, -0.2) is 27.2 Å². The van der Waals surface area contributed by atoms with Crippen molar-refractivity contribution in [3.05, 3.63) is 39.7 Å². The number of nitro benzene ring substituents is 1. The maximum absolute atomic E-state index is 11.1. The summed E-state index contributed by atoms with van der Waals surface area (Å²) in [5, 5.41) is 19.0. The highest BCUT2D eigenvalue weighted by atomic mass is 32.2. The summed E-state index contributed by atoms with van der Waals surface area (Å²) < 4.78 is 5.02. The van der Waals surface area contributed by atoms with Crippen molar-refractivity contribution in [1.29, 1.82) is 0 Å². The molecule has 25 heavy (non-hydrogen) atoms. The minimum atomic E-state index is -0.430. The van der Waals surface area contributed by atoms with Crippen molar-refractivity contribution in [2.45, 2.75) is 49.4 Å². The quantitative estimate of drug-likeness (QED) is 0.431. The second kappa shape index (κ2) is 8.33. The number of thioether (sulfide) groups is 1. The van der Waals surface area contributed by atoms with E-state index in [-0.39, 0.29) is 11.4 Å². The highest BCUT2D eigenvalue weighted by molar-refractivity contribution is 7.98. The number of nitro groups is 1. The predicted molar refractivity (Wildman–Crippen MR) is 95.9 cm³/mol. The number of aromatic amines is 1. The molecule has 1 aliphatic carbocycles. The number of hydrogen-bond donors (Lipinski definition) is 1. The molecule has 0 atom stereocenters. The van der Waals surface area contributed by atoms with E-state index in [4.69, 9.17) is 4.74 Å². The number of aromatic nitrogens is 3. The summed E-state index contributed by atoms with van der Waals surface area (Å²) in [5.74, 6) is 2.60. The van der Waals surface area contributed by atoms with Crippen LogP contribution < -0.4 is 4.74 Å². The zero-order valence-corrected chi connectivity index (χ0v) is 15.1. The van der Waals surface area contributed by atoms with Gasteiger partial charge in [-0.25, -0.2) is 4.98 Å². The minimum Gasteiger partial charge on any atom is -0.490 e. The lowest BCUT2D eigenvalue weighted by atomic mass is 10.0. The van der Waals surface area contributed by atoms with E-state index >= 15 is 0 Å². The molecule has 134 valence electrons. The van der Waals surface area contributed by atoms with Gasteiger partial charge in [0.2, 0.25) is 5.16 Å². The fraction of sp³-hybridized carbons (Fsp3) is 0.529. The molecule has 2 aromatic rings. The smallest absolute Gasteiger partial charge is 0.311 e. The van der Waals surface area contributed by atoms with Crippen LogP contribution in [0, 0.1) is 16.0 Å². The molecule has 0 bridgehead atoms. The van der Waals surface area contributed by atoms with Gasteiger partial charge in [0, 0.05) is 18.2 Å². The van der Waals surface area contributed by atoms with Crippen LogP contribution in [0.1, 0.15) is 43.5 Å². The summed E-state index contributed by atoms with van der Waals surface area (Å²) in [6.07, 6.45) is 7.50. The van der Waals surface area contributed by atoms with Gasteiger partial charge in [0.15, 0.2) is 5.75 Å². The molecule has 1 saturated carbocycles. The Kier molecular flexibility index (Phi) is 5.91. The highest BCUT2D eigenvalue weighted by Crippen LogP contribution is 2.30. The Bertz CT molecular complexity index is 728. The molecular weight excluding hydrogens is 340 g/mol. The zero-order valence-electron chi connectivity index (χ0n) is 14.2. The number of hydrogen-bond acceptors (Lipinski definition) is 6. The van der Waals surface area contributed by atoms with Crippen molar-refractivity contribution in [1.82, 2.24) is 15.2 Å². The van der Waals surface area contributed by atoms with E-state index in [1.807, 2.05) is 6.07 Å². The molecule has 1 fully saturated rings. The van der Waals surface area contributed by atoms with Gasteiger partial charge in [-0.15, -0.1) is 5.10 Å². The normalized spacial score (nSPS) is 14.8. The summed E-state index contributed by atoms with van der Waals surface area (Å²) in [7, 11) is 1.43. The number of nitrogens with one attached hydrogen (secondary N) is 1.